The summed E-state index contributed by atoms with van der Waals surface area (Å²) in [4.78, 5) is 11.9. The maximum Gasteiger partial charge on any atom is 0.416 e. The van der Waals surface area contributed by atoms with E-state index in [2.05, 4.69) is 10.4 Å². The zero-order valence-electron chi connectivity index (χ0n) is 16.3. The maximum atomic E-state index is 13.6. The van der Waals surface area contributed by atoms with Crippen molar-refractivity contribution in [2.75, 3.05) is 6.26 Å². The molecule has 2 aromatic carbocycles. The predicted molar refractivity (Wildman–Crippen MR) is 120 cm³/mol. The van der Waals surface area contributed by atoms with E-state index in [-0.39, 0.29) is 18.0 Å². The molecule has 1 saturated heterocycles. The highest BCUT2D eigenvalue weighted by Gasteiger charge is 2.34. The fourth-order valence-corrected chi connectivity index (χ4v) is 4.93. The zero-order valence-corrected chi connectivity index (χ0v) is 18.8. The number of nitrogens with one attached hydrogen (secondary N) is 1. The molecule has 12 heteroatoms. The lowest BCUT2D eigenvalue weighted by atomic mass is 10.1. The van der Waals surface area contributed by atoms with Gasteiger partial charge in [-0.2, -0.15) is 18.3 Å². The Morgan fingerprint density at radius 2 is 1.97 bits per heavy atom. The van der Waals surface area contributed by atoms with Gasteiger partial charge in [0.05, 0.1) is 33.6 Å². The third kappa shape index (κ3) is 4.57. The Morgan fingerprint density at radius 1 is 1.22 bits per heavy atom. The van der Waals surface area contributed by atoms with Crippen LogP contribution in [0.25, 0.3) is 17.0 Å². The molecule has 6 nitrogen and oxygen atoms in total. The minimum absolute atomic E-state index is 0.103. The number of carbonyl (C=O) groups is 1. The molecular weight excluding hydrogens is 483 g/mol. The number of hydrogen-bond donors (Lipinski definition) is 1. The minimum Gasteiger partial charge on any atom is -0.307 e. The molecule has 4 rings (SSSR count). The largest absolute Gasteiger partial charge is 0.416 e. The van der Waals surface area contributed by atoms with Gasteiger partial charge in [-0.05, 0) is 41.5 Å². The van der Waals surface area contributed by atoms with E-state index in [0.29, 0.717) is 31.8 Å². The molecule has 1 aromatic heterocycles. The molecule has 32 heavy (non-hydrogen) atoms. The SMILES string of the molecule is CS(=O)(=O)c1ccc(Cn2ncc3cc(/C=C4\SC(=S)NC4=O)ccc32)c(C(F)(F)F)c1. The Kier molecular flexibility index (Phi) is 5.63. The van der Waals surface area contributed by atoms with Crippen LogP contribution in [-0.2, 0) is 27.4 Å². The van der Waals surface area contributed by atoms with E-state index in [1.165, 1.54) is 10.9 Å². The third-order valence-corrected chi connectivity index (χ3v) is 7.01. The average Bonchev–Trinajstić information content (AvgIpc) is 3.22. The standard InChI is InChI=1S/C20H14F3N3O3S3/c1-32(28,29)14-4-3-12(15(8-14)20(21,22)23)10-26-16-5-2-11(6-13(16)9-24-26)7-17-18(27)25-19(30)31-17/h2-9H,10H2,1H3,(H,25,27,30)/b17-7-. The van der Waals surface area contributed by atoms with Crippen molar-refractivity contribution in [3.8, 4) is 0 Å². The van der Waals surface area contributed by atoms with Gasteiger partial charge in [0.15, 0.2) is 9.84 Å². The van der Waals surface area contributed by atoms with Gasteiger partial charge in [-0.15, -0.1) is 0 Å². The third-order valence-electron chi connectivity index (χ3n) is 4.74. The molecule has 166 valence electrons. The highest BCUT2D eigenvalue weighted by molar-refractivity contribution is 8.26. The van der Waals surface area contributed by atoms with Crippen molar-refractivity contribution < 1.29 is 26.4 Å². The van der Waals surface area contributed by atoms with Crippen LogP contribution in [-0.4, -0.2) is 34.7 Å². The van der Waals surface area contributed by atoms with Crippen molar-refractivity contribution in [2.24, 2.45) is 0 Å². The molecule has 0 unspecified atom stereocenters. The number of halogens is 3. The Labute approximate surface area is 190 Å². The highest BCUT2D eigenvalue weighted by atomic mass is 32.2. The number of thioether (sulfide) groups is 1. The first kappa shape index (κ1) is 22.5. The van der Waals surface area contributed by atoms with Gasteiger partial charge in [0.2, 0.25) is 0 Å². The molecular formula is C20H14F3N3O3S3. The monoisotopic (exact) mass is 497 g/mol. The summed E-state index contributed by atoms with van der Waals surface area (Å²) >= 11 is 6.11. The first-order valence-corrected chi connectivity index (χ1v) is 12.1. The molecule has 0 spiro atoms. The van der Waals surface area contributed by atoms with Crippen LogP contribution in [0.4, 0.5) is 13.2 Å². The molecule has 0 atom stereocenters. The van der Waals surface area contributed by atoms with Crippen molar-refractivity contribution in [3.63, 3.8) is 0 Å². The number of nitrogens with zero attached hydrogens (tertiary/aromatic N) is 2. The Hall–Kier alpha value is -2.70. The number of thiocarbonyl (C=S) groups is 1. The average molecular weight is 498 g/mol. The summed E-state index contributed by atoms with van der Waals surface area (Å²) in [5.41, 5.74) is 0.179. The van der Waals surface area contributed by atoms with E-state index in [9.17, 15) is 26.4 Å². The van der Waals surface area contributed by atoms with Crippen molar-refractivity contribution in [2.45, 2.75) is 17.6 Å². The Morgan fingerprint density at radius 3 is 2.59 bits per heavy atom. The summed E-state index contributed by atoms with van der Waals surface area (Å²) in [6, 6.07) is 8.14. The highest BCUT2D eigenvalue weighted by Crippen LogP contribution is 2.34. The summed E-state index contributed by atoms with van der Waals surface area (Å²) in [5.74, 6) is -0.284. The van der Waals surface area contributed by atoms with E-state index in [0.717, 1.165) is 30.2 Å². The molecule has 0 radical (unpaired) electrons. The number of alkyl halides is 3. The lowest BCUT2D eigenvalue weighted by Gasteiger charge is -2.15. The van der Waals surface area contributed by atoms with Gasteiger partial charge < -0.3 is 5.32 Å². The van der Waals surface area contributed by atoms with E-state index >= 15 is 0 Å². The number of fused-ring (bicyclic) bond motifs is 1. The van der Waals surface area contributed by atoms with Crippen LogP contribution in [0.15, 0.2) is 52.4 Å². The minimum atomic E-state index is -4.72. The predicted octanol–water partition coefficient (Wildman–Crippen LogP) is 4.00. The number of carbonyl (C=O) groups excluding carboxylic acids is 1. The maximum absolute atomic E-state index is 13.6. The molecule has 1 aliphatic rings. The molecule has 1 fully saturated rings. The topological polar surface area (TPSA) is 81.1 Å². The Balaban J connectivity index is 1.69. The van der Waals surface area contributed by atoms with Crippen molar-refractivity contribution >= 4 is 61.0 Å². The second-order valence-corrected chi connectivity index (χ2v) is 10.8. The van der Waals surface area contributed by atoms with E-state index in [1.807, 2.05) is 0 Å². The summed E-state index contributed by atoms with van der Waals surface area (Å²) in [6.45, 7) is -0.199. The van der Waals surface area contributed by atoms with Gasteiger partial charge >= 0.3 is 6.18 Å². The quantitative estimate of drug-likeness (QED) is 0.434. The smallest absolute Gasteiger partial charge is 0.307 e. The van der Waals surface area contributed by atoms with Crippen LogP contribution < -0.4 is 5.32 Å². The molecule has 1 N–H and O–H groups in total. The lowest BCUT2D eigenvalue weighted by Crippen LogP contribution is -2.17. The van der Waals surface area contributed by atoms with Gasteiger partial charge in [-0.1, -0.05) is 36.1 Å². The number of sulfone groups is 1. The fraction of sp³-hybridized carbons (Fsp3) is 0.150. The zero-order chi connectivity index (χ0) is 23.3. The van der Waals surface area contributed by atoms with Crippen LogP contribution in [0.1, 0.15) is 16.7 Å². The molecule has 3 aromatic rings. The molecule has 2 heterocycles. The summed E-state index contributed by atoms with van der Waals surface area (Å²) < 4.78 is 65.9. The summed E-state index contributed by atoms with van der Waals surface area (Å²) in [5, 5.41) is 7.39. The summed E-state index contributed by atoms with van der Waals surface area (Å²) in [6.07, 6.45) is -0.681. The summed E-state index contributed by atoms with van der Waals surface area (Å²) in [7, 11) is -3.79. The van der Waals surface area contributed by atoms with Gasteiger partial charge in [0.1, 0.15) is 4.32 Å². The first-order valence-electron chi connectivity index (χ1n) is 9.02. The lowest BCUT2D eigenvalue weighted by molar-refractivity contribution is -0.138. The van der Waals surface area contributed by atoms with Crippen LogP contribution in [0.5, 0.6) is 0 Å². The molecule has 0 aliphatic carbocycles. The fourth-order valence-electron chi connectivity index (χ4n) is 3.24. The van der Waals surface area contributed by atoms with Gasteiger partial charge in [0.25, 0.3) is 5.91 Å². The van der Waals surface area contributed by atoms with Gasteiger partial charge in [-0.25, -0.2) is 8.42 Å². The second kappa shape index (κ2) is 8.01. The molecule has 1 aliphatic heterocycles. The number of aromatic nitrogens is 2. The van der Waals surface area contributed by atoms with E-state index < -0.39 is 26.5 Å². The molecule has 0 saturated carbocycles. The van der Waals surface area contributed by atoms with Crippen molar-refractivity contribution in [1.29, 1.82) is 0 Å². The van der Waals surface area contributed by atoms with Crippen LogP contribution >= 0.6 is 24.0 Å². The molecule has 0 bridgehead atoms. The number of benzene rings is 2. The number of rotatable bonds is 4. The van der Waals surface area contributed by atoms with E-state index in [1.54, 1.807) is 24.3 Å². The Bertz CT molecular complexity index is 1410. The van der Waals surface area contributed by atoms with Crippen LogP contribution in [0, 0.1) is 0 Å². The van der Waals surface area contributed by atoms with Crippen LogP contribution in [0.2, 0.25) is 0 Å². The van der Waals surface area contributed by atoms with Crippen molar-refractivity contribution in [1.82, 2.24) is 15.1 Å². The molecule has 1 amide bonds. The normalized spacial score (nSPS) is 16.2. The first-order chi connectivity index (χ1) is 14.9. The number of amides is 1. The van der Waals surface area contributed by atoms with Gasteiger partial charge in [0, 0.05) is 11.6 Å². The van der Waals surface area contributed by atoms with Crippen LogP contribution in [0.3, 0.4) is 0 Å². The van der Waals surface area contributed by atoms with E-state index in [4.69, 9.17) is 12.2 Å². The number of hydrogen-bond acceptors (Lipinski definition) is 6. The van der Waals surface area contributed by atoms with Gasteiger partial charge in [-0.3, -0.25) is 9.48 Å². The van der Waals surface area contributed by atoms with Crippen molar-refractivity contribution in [3.05, 3.63) is 64.2 Å². The second-order valence-electron chi connectivity index (χ2n) is 7.06.